The largest absolute Gasteiger partial charge is 0.339 e. The molecule has 2 unspecified atom stereocenters. The fraction of sp³-hybridized carbons (Fsp3) is 0.421. The van der Waals surface area contributed by atoms with Gasteiger partial charge in [-0.15, -0.1) is 11.3 Å². The van der Waals surface area contributed by atoms with Crippen molar-refractivity contribution in [3.8, 4) is 0 Å². The normalized spacial score (nSPS) is 22.8. The molecule has 0 aliphatic carbocycles. The molecule has 0 radical (unpaired) electrons. The van der Waals surface area contributed by atoms with Gasteiger partial charge in [0.25, 0.3) is 0 Å². The molecule has 2 aromatic heterocycles. The maximum atomic E-state index is 12.8. The molecule has 8 heteroatoms. The van der Waals surface area contributed by atoms with Crippen molar-refractivity contribution in [2.24, 2.45) is 0 Å². The molecule has 7 nitrogen and oxygen atoms in total. The highest BCUT2D eigenvalue weighted by Crippen LogP contribution is 2.22. The monoisotopic (exact) mass is 385 g/mol. The van der Waals surface area contributed by atoms with Crippen LogP contribution in [0.5, 0.6) is 0 Å². The van der Waals surface area contributed by atoms with Gasteiger partial charge in [0.2, 0.25) is 11.8 Å². The van der Waals surface area contributed by atoms with Crippen LogP contribution in [0.15, 0.2) is 42.0 Å². The summed E-state index contributed by atoms with van der Waals surface area (Å²) in [5.74, 6) is 0.237. The Morgan fingerprint density at radius 3 is 2.63 bits per heavy atom. The van der Waals surface area contributed by atoms with Gasteiger partial charge in [0.05, 0.1) is 6.42 Å². The molecule has 2 aliphatic heterocycles. The molecule has 2 amide bonds. The van der Waals surface area contributed by atoms with Crippen LogP contribution in [0, 0.1) is 0 Å². The molecule has 2 saturated heterocycles. The Morgan fingerprint density at radius 2 is 1.93 bits per heavy atom. The number of hydrazine groups is 1. The van der Waals surface area contributed by atoms with Crippen molar-refractivity contribution in [2.75, 3.05) is 26.2 Å². The van der Waals surface area contributed by atoms with Crippen LogP contribution in [0.4, 0.5) is 0 Å². The first kappa shape index (κ1) is 18.1. The van der Waals surface area contributed by atoms with Crippen molar-refractivity contribution in [2.45, 2.75) is 24.9 Å². The van der Waals surface area contributed by atoms with Gasteiger partial charge in [-0.1, -0.05) is 12.1 Å². The van der Waals surface area contributed by atoms with Gasteiger partial charge in [-0.25, -0.2) is 10.9 Å². The summed E-state index contributed by atoms with van der Waals surface area (Å²) in [6.07, 6.45) is 4.71. The summed E-state index contributed by atoms with van der Waals surface area (Å²) in [7, 11) is 0. The van der Waals surface area contributed by atoms with E-state index in [4.69, 9.17) is 0 Å². The Morgan fingerprint density at radius 1 is 1.11 bits per heavy atom. The maximum Gasteiger partial charge on any atom is 0.241 e. The van der Waals surface area contributed by atoms with E-state index in [0.717, 1.165) is 10.4 Å². The average Bonchev–Trinajstić information content (AvgIpc) is 3.40. The molecule has 2 N–H and O–H groups in total. The molecule has 4 heterocycles. The molecule has 2 fully saturated rings. The molecule has 0 bridgehead atoms. The van der Waals surface area contributed by atoms with Crippen molar-refractivity contribution in [1.29, 1.82) is 0 Å². The number of nitrogens with zero attached hydrogens (tertiary/aromatic N) is 3. The van der Waals surface area contributed by atoms with Gasteiger partial charge in [-0.2, -0.15) is 0 Å². The molecule has 142 valence electrons. The minimum atomic E-state index is -0.247. The number of piperazine rings is 1. The van der Waals surface area contributed by atoms with Crippen LogP contribution >= 0.6 is 11.3 Å². The summed E-state index contributed by atoms with van der Waals surface area (Å²) in [6, 6.07) is 7.70. The second-order valence-electron chi connectivity index (χ2n) is 6.88. The van der Waals surface area contributed by atoms with E-state index in [2.05, 4.69) is 15.8 Å². The van der Waals surface area contributed by atoms with E-state index in [1.807, 2.05) is 45.6 Å². The maximum absolute atomic E-state index is 12.8. The molecule has 0 spiro atoms. The van der Waals surface area contributed by atoms with Gasteiger partial charge in [-0.3, -0.25) is 14.6 Å². The predicted octanol–water partition coefficient (Wildman–Crippen LogP) is 0.964. The van der Waals surface area contributed by atoms with Gasteiger partial charge in [0.1, 0.15) is 6.04 Å². The van der Waals surface area contributed by atoms with Crippen LogP contribution in [-0.2, 0) is 16.0 Å². The number of pyridine rings is 1. The lowest BCUT2D eigenvalue weighted by atomic mass is 10.0. The van der Waals surface area contributed by atoms with E-state index in [9.17, 15) is 9.59 Å². The van der Waals surface area contributed by atoms with E-state index in [1.54, 1.807) is 17.5 Å². The first-order chi connectivity index (χ1) is 13.2. The van der Waals surface area contributed by atoms with E-state index in [-0.39, 0.29) is 23.9 Å². The Balaban J connectivity index is 1.27. The number of rotatable bonds is 4. The van der Waals surface area contributed by atoms with Crippen molar-refractivity contribution in [3.63, 3.8) is 0 Å². The number of aromatic nitrogens is 1. The third-order valence-electron chi connectivity index (χ3n) is 5.14. The zero-order chi connectivity index (χ0) is 18.6. The number of thiophene rings is 1. The fourth-order valence-corrected chi connectivity index (χ4v) is 4.29. The summed E-state index contributed by atoms with van der Waals surface area (Å²) in [5, 5.41) is 1.99. The van der Waals surface area contributed by atoms with Crippen LogP contribution in [0.2, 0.25) is 0 Å². The first-order valence-corrected chi connectivity index (χ1v) is 10.1. The van der Waals surface area contributed by atoms with E-state index in [1.165, 1.54) is 0 Å². The van der Waals surface area contributed by atoms with Crippen LogP contribution in [-0.4, -0.2) is 58.8 Å². The minimum absolute atomic E-state index is 0.0845. The van der Waals surface area contributed by atoms with Gasteiger partial charge in [0.15, 0.2) is 0 Å². The molecule has 2 atom stereocenters. The number of hydrogen-bond donors (Lipinski definition) is 2. The summed E-state index contributed by atoms with van der Waals surface area (Å²) < 4.78 is 0. The second kappa shape index (κ2) is 8.16. The first-order valence-electron chi connectivity index (χ1n) is 9.20. The Bertz CT molecular complexity index is 775. The lowest BCUT2D eigenvalue weighted by molar-refractivity contribution is -0.140. The highest BCUT2D eigenvalue weighted by Gasteiger charge is 2.34. The molecule has 27 heavy (non-hydrogen) atoms. The van der Waals surface area contributed by atoms with Gasteiger partial charge in [-0.05, 0) is 29.5 Å². The van der Waals surface area contributed by atoms with Gasteiger partial charge < -0.3 is 9.80 Å². The van der Waals surface area contributed by atoms with Crippen molar-refractivity contribution < 1.29 is 9.59 Å². The third-order valence-corrected chi connectivity index (χ3v) is 6.01. The van der Waals surface area contributed by atoms with Crippen LogP contribution in [0.3, 0.4) is 0 Å². The highest BCUT2D eigenvalue weighted by molar-refractivity contribution is 7.10. The smallest absolute Gasteiger partial charge is 0.241 e. The standard InChI is InChI=1S/C19H23N5O2S/c25-18(11-15-4-2-10-27-15)23-6-8-24(9-7-23)19(26)17-12-16(21-22-17)14-3-1-5-20-13-14/h1-5,10,13,16-17,21-22H,6-9,11-12H2. The lowest BCUT2D eigenvalue weighted by Crippen LogP contribution is -2.54. The van der Waals surface area contributed by atoms with Crippen LogP contribution in [0.25, 0.3) is 0 Å². The number of amides is 2. The second-order valence-corrected chi connectivity index (χ2v) is 7.91. The van der Waals surface area contributed by atoms with Crippen molar-refractivity contribution in [1.82, 2.24) is 25.6 Å². The van der Waals surface area contributed by atoms with E-state index >= 15 is 0 Å². The number of carbonyl (C=O) groups is 2. The number of nitrogens with one attached hydrogen (secondary N) is 2. The Labute approximate surface area is 162 Å². The molecule has 0 aromatic carbocycles. The van der Waals surface area contributed by atoms with Crippen LogP contribution in [0.1, 0.15) is 22.9 Å². The quantitative estimate of drug-likeness (QED) is 0.820. The summed E-state index contributed by atoms with van der Waals surface area (Å²) >= 11 is 1.60. The van der Waals surface area contributed by atoms with E-state index < -0.39 is 0 Å². The van der Waals surface area contributed by atoms with Crippen molar-refractivity contribution >= 4 is 23.2 Å². The molecular weight excluding hydrogens is 362 g/mol. The highest BCUT2D eigenvalue weighted by atomic mass is 32.1. The lowest BCUT2D eigenvalue weighted by Gasteiger charge is -2.35. The topological polar surface area (TPSA) is 77.6 Å². The van der Waals surface area contributed by atoms with Crippen LogP contribution < -0.4 is 10.9 Å². The third kappa shape index (κ3) is 4.18. The average molecular weight is 385 g/mol. The van der Waals surface area contributed by atoms with Gasteiger partial charge in [0, 0.05) is 49.5 Å². The number of hydrogen-bond acceptors (Lipinski definition) is 6. The molecular formula is C19H23N5O2S. The summed E-state index contributed by atoms with van der Waals surface area (Å²) in [6.45, 7) is 2.37. The Kier molecular flexibility index (Phi) is 5.47. The predicted molar refractivity (Wildman–Crippen MR) is 103 cm³/mol. The minimum Gasteiger partial charge on any atom is -0.339 e. The summed E-state index contributed by atoms with van der Waals surface area (Å²) in [4.78, 5) is 34.2. The number of carbonyl (C=O) groups excluding carboxylic acids is 2. The SMILES string of the molecule is O=C(Cc1cccs1)N1CCN(C(=O)C2CC(c3cccnc3)NN2)CC1. The van der Waals surface area contributed by atoms with Crippen molar-refractivity contribution in [3.05, 3.63) is 52.5 Å². The summed E-state index contributed by atoms with van der Waals surface area (Å²) in [5.41, 5.74) is 7.39. The molecule has 2 aliphatic rings. The zero-order valence-corrected chi connectivity index (χ0v) is 15.8. The van der Waals surface area contributed by atoms with E-state index in [0.29, 0.717) is 39.0 Å². The fourth-order valence-electron chi connectivity index (χ4n) is 3.59. The molecule has 4 rings (SSSR count). The zero-order valence-electron chi connectivity index (χ0n) is 15.0. The Hall–Kier alpha value is -2.29. The molecule has 2 aromatic rings. The van der Waals surface area contributed by atoms with Gasteiger partial charge >= 0.3 is 0 Å². The molecule has 0 saturated carbocycles.